The number of hydrogen-bond acceptors (Lipinski definition) is 4. The highest BCUT2D eigenvalue weighted by Crippen LogP contribution is 2.20. The number of hydrogen-bond donors (Lipinski definition) is 2. The van der Waals surface area contributed by atoms with E-state index >= 15 is 0 Å². The third-order valence-electron chi connectivity index (χ3n) is 5.16. The number of aliphatic carboxylic acids is 1. The van der Waals surface area contributed by atoms with Gasteiger partial charge < -0.3 is 14.6 Å². The van der Waals surface area contributed by atoms with E-state index in [1.807, 2.05) is 6.07 Å². The number of phenols is 1. The third-order valence-corrected chi connectivity index (χ3v) is 5.16. The number of carboxylic acid groups (broad SMARTS) is 1. The second kappa shape index (κ2) is 14.8. The van der Waals surface area contributed by atoms with Crippen LogP contribution >= 0.6 is 0 Å². The average molecular weight is 439 g/mol. The normalized spacial score (nSPS) is 12.0. The van der Waals surface area contributed by atoms with Crippen molar-refractivity contribution in [1.82, 2.24) is 0 Å². The van der Waals surface area contributed by atoms with E-state index in [1.54, 1.807) is 12.1 Å². The summed E-state index contributed by atoms with van der Waals surface area (Å²) in [6, 6.07) is 6.68. The van der Waals surface area contributed by atoms with E-state index in [1.165, 1.54) is 6.07 Å². The smallest absolute Gasteiger partial charge is 0.339 e. The highest BCUT2D eigenvalue weighted by Gasteiger charge is 2.06. The second-order valence-corrected chi connectivity index (χ2v) is 7.91. The maximum Gasteiger partial charge on any atom is 0.339 e. The summed E-state index contributed by atoms with van der Waals surface area (Å²) in [4.78, 5) is 22.5. The van der Waals surface area contributed by atoms with Crippen molar-refractivity contribution < 1.29 is 19.4 Å². The molecule has 1 heterocycles. The Bertz CT molecular complexity index is 981. The predicted octanol–water partition coefficient (Wildman–Crippen LogP) is 6.70. The van der Waals surface area contributed by atoms with Gasteiger partial charge in [0, 0.05) is 23.4 Å². The summed E-state index contributed by atoms with van der Waals surface area (Å²) < 4.78 is 5.30. The number of aryl methyl sites for hydroxylation is 1. The van der Waals surface area contributed by atoms with Crippen LogP contribution in [0.4, 0.5) is 0 Å². The van der Waals surface area contributed by atoms with Gasteiger partial charge >= 0.3 is 11.6 Å². The van der Waals surface area contributed by atoms with Crippen LogP contribution in [0.15, 0.2) is 69.9 Å². The SMILES string of the molecule is O=C(O)CCCC/C=C\C/C=C\C/C=C\CCCCCc1cc2ccc(O)cc2oc1=O. The summed E-state index contributed by atoms with van der Waals surface area (Å²) in [5.41, 5.74) is 0.794. The van der Waals surface area contributed by atoms with E-state index in [2.05, 4.69) is 36.5 Å². The molecule has 0 saturated heterocycles. The Morgan fingerprint density at radius 3 is 2.19 bits per heavy atom. The van der Waals surface area contributed by atoms with Crippen LogP contribution in [-0.2, 0) is 11.2 Å². The predicted molar refractivity (Wildman–Crippen MR) is 129 cm³/mol. The number of rotatable bonds is 15. The average Bonchev–Trinajstić information content (AvgIpc) is 2.76. The molecular weight excluding hydrogens is 404 g/mol. The minimum absolute atomic E-state index is 0.0931. The number of carbonyl (C=O) groups is 1. The highest BCUT2D eigenvalue weighted by molar-refractivity contribution is 5.78. The van der Waals surface area contributed by atoms with Crippen molar-refractivity contribution in [2.45, 2.75) is 70.6 Å². The zero-order chi connectivity index (χ0) is 23.0. The van der Waals surface area contributed by atoms with Crippen LogP contribution in [0.25, 0.3) is 11.0 Å². The minimum Gasteiger partial charge on any atom is -0.508 e. The topological polar surface area (TPSA) is 87.7 Å². The van der Waals surface area contributed by atoms with E-state index in [-0.39, 0.29) is 17.8 Å². The molecule has 0 unspecified atom stereocenters. The number of phenolic OH excluding ortho intramolecular Hbond substituents is 1. The molecule has 0 amide bonds. The van der Waals surface area contributed by atoms with Crippen LogP contribution in [-0.4, -0.2) is 16.2 Å². The van der Waals surface area contributed by atoms with E-state index in [0.717, 1.165) is 63.2 Å². The molecule has 5 nitrogen and oxygen atoms in total. The van der Waals surface area contributed by atoms with Gasteiger partial charge in [0.2, 0.25) is 0 Å². The number of benzene rings is 1. The molecule has 172 valence electrons. The lowest BCUT2D eigenvalue weighted by molar-refractivity contribution is -0.137. The number of allylic oxidation sites excluding steroid dienone is 6. The fourth-order valence-electron chi connectivity index (χ4n) is 3.39. The first-order chi connectivity index (χ1) is 15.6. The summed E-state index contributed by atoms with van der Waals surface area (Å²) in [6.07, 6.45) is 22.5. The zero-order valence-electron chi connectivity index (χ0n) is 18.7. The summed E-state index contributed by atoms with van der Waals surface area (Å²) in [6.45, 7) is 0. The lowest BCUT2D eigenvalue weighted by Crippen LogP contribution is -2.06. The number of carboxylic acids is 1. The van der Waals surface area contributed by atoms with Gasteiger partial charge in [-0.25, -0.2) is 4.79 Å². The number of fused-ring (bicyclic) bond motifs is 1. The van der Waals surface area contributed by atoms with E-state index in [0.29, 0.717) is 17.6 Å². The van der Waals surface area contributed by atoms with Gasteiger partial charge in [0.25, 0.3) is 0 Å². The van der Waals surface area contributed by atoms with Gasteiger partial charge in [0.05, 0.1) is 0 Å². The summed E-state index contributed by atoms with van der Waals surface area (Å²) in [5.74, 6) is -0.626. The van der Waals surface area contributed by atoms with E-state index < -0.39 is 5.97 Å². The van der Waals surface area contributed by atoms with Gasteiger partial charge in [-0.05, 0) is 76.0 Å². The second-order valence-electron chi connectivity index (χ2n) is 7.91. The highest BCUT2D eigenvalue weighted by atomic mass is 16.4. The van der Waals surface area contributed by atoms with Crippen molar-refractivity contribution in [1.29, 1.82) is 0 Å². The first kappa shape index (κ1) is 25.2. The molecule has 0 radical (unpaired) electrons. The Balaban J connectivity index is 1.51. The van der Waals surface area contributed by atoms with Crippen LogP contribution < -0.4 is 5.63 Å². The van der Waals surface area contributed by atoms with E-state index in [4.69, 9.17) is 9.52 Å². The van der Waals surface area contributed by atoms with Crippen LogP contribution in [0.1, 0.15) is 69.8 Å². The molecule has 0 atom stereocenters. The molecule has 0 bridgehead atoms. The Morgan fingerprint density at radius 2 is 1.50 bits per heavy atom. The number of unbranched alkanes of at least 4 members (excludes halogenated alkanes) is 5. The van der Waals surface area contributed by atoms with Gasteiger partial charge in [-0.2, -0.15) is 0 Å². The largest absolute Gasteiger partial charge is 0.508 e. The van der Waals surface area contributed by atoms with Gasteiger partial charge in [-0.15, -0.1) is 0 Å². The first-order valence-electron chi connectivity index (χ1n) is 11.5. The molecule has 0 aliphatic rings. The Kier molecular flexibility index (Phi) is 11.7. The summed E-state index contributed by atoms with van der Waals surface area (Å²) in [7, 11) is 0. The minimum atomic E-state index is -0.719. The van der Waals surface area contributed by atoms with Gasteiger partial charge in [-0.3, -0.25) is 4.79 Å². The first-order valence-corrected chi connectivity index (χ1v) is 11.5. The molecule has 1 aromatic carbocycles. The van der Waals surface area contributed by atoms with Crippen LogP contribution in [0, 0.1) is 0 Å². The number of aromatic hydroxyl groups is 1. The van der Waals surface area contributed by atoms with E-state index in [9.17, 15) is 14.7 Å². The van der Waals surface area contributed by atoms with Crippen molar-refractivity contribution in [3.8, 4) is 5.75 Å². The quantitative estimate of drug-likeness (QED) is 0.184. The van der Waals surface area contributed by atoms with Crippen molar-refractivity contribution >= 4 is 16.9 Å². The molecule has 32 heavy (non-hydrogen) atoms. The Morgan fingerprint density at radius 1 is 0.844 bits per heavy atom. The zero-order valence-corrected chi connectivity index (χ0v) is 18.7. The van der Waals surface area contributed by atoms with Crippen molar-refractivity contribution in [3.63, 3.8) is 0 Å². The molecule has 0 spiro atoms. The van der Waals surface area contributed by atoms with Gasteiger partial charge in [0.15, 0.2) is 0 Å². The van der Waals surface area contributed by atoms with Crippen molar-refractivity contribution in [2.24, 2.45) is 0 Å². The molecule has 0 fully saturated rings. The lowest BCUT2D eigenvalue weighted by atomic mass is 10.1. The third kappa shape index (κ3) is 10.3. The molecule has 0 aliphatic heterocycles. The van der Waals surface area contributed by atoms with Crippen molar-refractivity contribution in [3.05, 3.63) is 76.7 Å². The molecule has 5 heteroatoms. The maximum atomic E-state index is 12.1. The van der Waals surface area contributed by atoms with Gasteiger partial charge in [-0.1, -0.05) is 42.9 Å². The standard InChI is InChI=1S/C27H34O5/c28-24-19-18-22-20-23(27(31)32-25(22)21-24)16-14-12-10-8-6-4-2-1-3-5-7-9-11-13-15-17-26(29)30/h1,3-4,6-7,9,18-21,28H,2,5,8,10-17H2,(H,29,30)/b3-1-,6-4-,9-7-. The summed E-state index contributed by atoms with van der Waals surface area (Å²) in [5, 5.41) is 18.9. The molecular formula is C27H34O5. The maximum absolute atomic E-state index is 12.1. The molecule has 0 saturated carbocycles. The molecule has 2 aromatic rings. The Labute approximate surface area is 189 Å². The fourth-order valence-corrected chi connectivity index (χ4v) is 3.39. The molecule has 2 rings (SSSR count). The monoisotopic (exact) mass is 438 g/mol. The van der Waals surface area contributed by atoms with Gasteiger partial charge in [0.1, 0.15) is 11.3 Å². The lowest BCUT2D eigenvalue weighted by Gasteiger charge is -2.03. The summed E-state index contributed by atoms with van der Waals surface area (Å²) >= 11 is 0. The van der Waals surface area contributed by atoms with Crippen molar-refractivity contribution in [2.75, 3.05) is 0 Å². The molecule has 2 N–H and O–H groups in total. The fraction of sp³-hybridized carbons (Fsp3) is 0.407. The molecule has 1 aromatic heterocycles. The molecule has 0 aliphatic carbocycles. The van der Waals surface area contributed by atoms with Crippen LogP contribution in [0.2, 0.25) is 0 Å². The Hall–Kier alpha value is -3.08. The van der Waals surface area contributed by atoms with Crippen LogP contribution in [0.5, 0.6) is 5.75 Å². The van der Waals surface area contributed by atoms with Crippen LogP contribution in [0.3, 0.4) is 0 Å².